The van der Waals surface area contributed by atoms with Gasteiger partial charge in [0.15, 0.2) is 10.9 Å². The molecule has 0 spiro atoms. The van der Waals surface area contributed by atoms with Gasteiger partial charge in [-0.15, -0.1) is 0 Å². The Labute approximate surface area is 140 Å². The predicted octanol–water partition coefficient (Wildman–Crippen LogP) is 2.80. The molecule has 0 N–H and O–H groups in total. The van der Waals surface area contributed by atoms with Crippen molar-refractivity contribution in [2.45, 2.75) is 39.2 Å². The fourth-order valence-corrected chi connectivity index (χ4v) is 3.51. The molecule has 1 amide bonds. The predicted molar refractivity (Wildman–Crippen MR) is 91.0 cm³/mol. The second-order valence-electron chi connectivity index (χ2n) is 6.20. The molecule has 0 fully saturated rings. The lowest BCUT2D eigenvalue weighted by atomic mass is 10.1. The van der Waals surface area contributed by atoms with Gasteiger partial charge in [-0.2, -0.15) is 0 Å². The van der Waals surface area contributed by atoms with Gasteiger partial charge in [-0.3, -0.25) is 9.79 Å². The number of nitrogens with zero attached hydrogens (tertiary/aromatic N) is 4. The van der Waals surface area contributed by atoms with Crippen molar-refractivity contribution in [3.63, 3.8) is 0 Å². The number of thioether (sulfide) groups is 1. The molecule has 124 valence electrons. The number of fused-ring (bicyclic) bond motifs is 1. The monoisotopic (exact) mass is 334 g/mol. The molecule has 0 radical (unpaired) electrons. The first kappa shape index (κ1) is 16.1. The normalized spacial score (nSPS) is 17.1. The Morgan fingerprint density at radius 3 is 3.09 bits per heavy atom. The Hall–Kier alpha value is -1.76. The van der Waals surface area contributed by atoms with E-state index in [9.17, 15) is 4.79 Å². The topological polar surface area (TPSA) is 61.9 Å². The SMILES string of the molecule is CC(C)c1cc(CN(C)C(=O)CC2=CSC3=NCCCN23)on1. The highest BCUT2D eigenvalue weighted by molar-refractivity contribution is 8.16. The molecule has 0 saturated heterocycles. The summed E-state index contributed by atoms with van der Waals surface area (Å²) in [7, 11) is 1.80. The van der Waals surface area contributed by atoms with E-state index in [0.717, 1.165) is 41.8 Å². The number of hydrogen-bond donors (Lipinski definition) is 0. The molecule has 2 aliphatic heterocycles. The molecular formula is C16H22N4O2S. The number of rotatable bonds is 5. The van der Waals surface area contributed by atoms with Gasteiger partial charge in [0.05, 0.1) is 18.7 Å². The van der Waals surface area contributed by atoms with Crippen molar-refractivity contribution in [1.29, 1.82) is 0 Å². The van der Waals surface area contributed by atoms with Crippen molar-refractivity contribution in [1.82, 2.24) is 15.0 Å². The standard InChI is InChI=1S/C16H22N4O2S/c1-11(2)14-8-13(22-18-14)9-19(3)15(21)7-12-10-23-16-17-5-4-6-20(12)16/h8,10-11H,4-7,9H2,1-3H3. The van der Waals surface area contributed by atoms with E-state index in [1.807, 2.05) is 11.5 Å². The van der Waals surface area contributed by atoms with Crippen LogP contribution >= 0.6 is 11.8 Å². The molecule has 0 aromatic carbocycles. The summed E-state index contributed by atoms with van der Waals surface area (Å²) in [5, 5.41) is 7.10. The van der Waals surface area contributed by atoms with Crippen molar-refractivity contribution >= 4 is 22.8 Å². The van der Waals surface area contributed by atoms with E-state index in [1.54, 1.807) is 23.7 Å². The van der Waals surface area contributed by atoms with Crippen LogP contribution in [-0.4, -0.2) is 46.2 Å². The lowest BCUT2D eigenvalue weighted by molar-refractivity contribution is -0.130. The third-order valence-electron chi connectivity index (χ3n) is 3.98. The third kappa shape index (κ3) is 3.60. The fraction of sp³-hybridized carbons (Fsp3) is 0.562. The molecule has 2 aliphatic rings. The zero-order valence-electron chi connectivity index (χ0n) is 13.8. The smallest absolute Gasteiger partial charge is 0.228 e. The van der Waals surface area contributed by atoms with Gasteiger partial charge >= 0.3 is 0 Å². The maximum atomic E-state index is 12.5. The van der Waals surface area contributed by atoms with Crippen molar-refractivity contribution in [3.8, 4) is 0 Å². The van der Waals surface area contributed by atoms with Gasteiger partial charge in [-0.25, -0.2) is 0 Å². The van der Waals surface area contributed by atoms with E-state index in [2.05, 4.69) is 28.9 Å². The summed E-state index contributed by atoms with van der Waals surface area (Å²) in [6.07, 6.45) is 1.44. The number of amides is 1. The summed E-state index contributed by atoms with van der Waals surface area (Å²) in [5.74, 6) is 1.12. The van der Waals surface area contributed by atoms with Gasteiger partial charge in [0.2, 0.25) is 5.91 Å². The van der Waals surface area contributed by atoms with Crippen LogP contribution in [0, 0.1) is 0 Å². The number of carbonyl (C=O) groups excluding carboxylic acids is 1. The summed E-state index contributed by atoms with van der Waals surface area (Å²) in [6, 6.07) is 1.93. The van der Waals surface area contributed by atoms with Gasteiger partial charge in [0.1, 0.15) is 0 Å². The minimum Gasteiger partial charge on any atom is -0.359 e. The van der Waals surface area contributed by atoms with Crippen molar-refractivity contribution in [2.75, 3.05) is 20.1 Å². The molecule has 23 heavy (non-hydrogen) atoms. The second-order valence-corrected chi connectivity index (χ2v) is 7.03. The van der Waals surface area contributed by atoms with Crippen LogP contribution in [0.3, 0.4) is 0 Å². The molecule has 6 nitrogen and oxygen atoms in total. The molecule has 7 heteroatoms. The highest BCUT2D eigenvalue weighted by atomic mass is 32.2. The van der Waals surface area contributed by atoms with Crippen LogP contribution in [0.25, 0.3) is 0 Å². The van der Waals surface area contributed by atoms with E-state index in [0.29, 0.717) is 18.9 Å². The molecule has 0 atom stereocenters. The fourth-order valence-electron chi connectivity index (χ4n) is 2.56. The second kappa shape index (κ2) is 6.78. The lowest BCUT2D eigenvalue weighted by Crippen LogP contribution is -2.33. The van der Waals surface area contributed by atoms with Crippen molar-refractivity contribution < 1.29 is 9.32 Å². The Bertz CT molecular complexity index is 650. The van der Waals surface area contributed by atoms with Gasteiger partial charge in [0, 0.05) is 31.9 Å². The van der Waals surface area contributed by atoms with Crippen LogP contribution in [0.2, 0.25) is 0 Å². The third-order valence-corrected chi connectivity index (χ3v) is 4.93. The first-order chi connectivity index (χ1) is 11.0. The molecule has 1 aromatic heterocycles. The van der Waals surface area contributed by atoms with Gasteiger partial charge in [-0.1, -0.05) is 30.8 Å². The Morgan fingerprint density at radius 1 is 1.52 bits per heavy atom. The Morgan fingerprint density at radius 2 is 2.35 bits per heavy atom. The molecule has 3 rings (SSSR count). The number of hydrogen-bond acceptors (Lipinski definition) is 6. The summed E-state index contributed by atoms with van der Waals surface area (Å²) in [4.78, 5) is 20.8. The molecule has 0 unspecified atom stereocenters. The average Bonchev–Trinajstić information content (AvgIpc) is 3.15. The van der Waals surface area contributed by atoms with Gasteiger partial charge in [0.25, 0.3) is 0 Å². The molecule has 3 heterocycles. The summed E-state index contributed by atoms with van der Waals surface area (Å²) < 4.78 is 5.31. The van der Waals surface area contributed by atoms with Crippen molar-refractivity contribution in [3.05, 3.63) is 28.6 Å². The number of aromatic nitrogens is 1. The zero-order valence-corrected chi connectivity index (χ0v) is 14.6. The molecular weight excluding hydrogens is 312 g/mol. The molecule has 0 aliphatic carbocycles. The van der Waals surface area contributed by atoms with Crippen LogP contribution in [0.1, 0.15) is 44.1 Å². The zero-order chi connectivity index (χ0) is 16.4. The maximum Gasteiger partial charge on any atom is 0.228 e. The van der Waals surface area contributed by atoms with Crippen LogP contribution < -0.4 is 0 Å². The number of amidine groups is 1. The first-order valence-corrected chi connectivity index (χ1v) is 8.79. The lowest BCUT2D eigenvalue weighted by Gasteiger charge is -2.26. The quantitative estimate of drug-likeness (QED) is 0.828. The Kier molecular flexibility index (Phi) is 4.75. The van der Waals surface area contributed by atoms with Crippen LogP contribution in [0.4, 0.5) is 0 Å². The largest absolute Gasteiger partial charge is 0.359 e. The average molecular weight is 334 g/mol. The summed E-state index contributed by atoms with van der Waals surface area (Å²) in [5.41, 5.74) is 1.97. The Balaban J connectivity index is 1.57. The van der Waals surface area contributed by atoms with E-state index in [1.165, 1.54) is 0 Å². The van der Waals surface area contributed by atoms with Gasteiger partial charge in [-0.05, 0) is 17.7 Å². The summed E-state index contributed by atoms with van der Waals surface area (Å²) in [6.45, 7) is 6.42. The van der Waals surface area contributed by atoms with Crippen LogP contribution in [-0.2, 0) is 11.3 Å². The number of aliphatic imine (C=N–C) groups is 1. The van der Waals surface area contributed by atoms with E-state index < -0.39 is 0 Å². The summed E-state index contributed by atoms with van der Waals surface area (Å²) >= 11 is 1.61. The van der Waals surface area contributed by atoms with Crippen LogP contribution in [0.5, 0.6) is 0 Å². The molecule has 1 aromatic rings. The van der Waals surface area contributed by atoms with Gasteiger partial charge < -0.3 is 14.3 Å². The van der Waals surface area contributed by atoms with E-state index in [4.69, 9.17) is 4.52 Å². The first-order valence-electron chi connectivity index (χ1n) is 7.91. The van der Waals surface area contributed by atoms with E-state index >= 15 is 0 Å². The minimum absolute atomic E-state index is 0.0752. The maximum absolute atomic E-state index is 12.5. The van der Waals surface area contributed by atoms with Crippen molar-refractivity contribution in [2.24, 2.45) is 4.99 Å². The highest BCUT2D eigenvalue weighted by Gasteiger charge is 2.27. The number of carbonyl (C=O) groups is 1. The van der Waals surface area contributed by atoms with Crippen LogP contribution in [0.15, 0.2) is 26.7 Å². The minimum atomic E-state index is 0.0752. The van der Waals surface area contributed by atoms with E-state index in [-0.39, 0.29) is 5.91 Å². The molecule has 0 bridgehead atoms. The molecule has 0 saturated carbocycles. The highest BCUT2D eigenvalue weighted by Crippen LogP contribution is 2.30.